The molecule has 1 saturated carbocycles. The number of carbonyl (C=O) groups excluding carboxylic acids is 1. The molecule has 1 amide bonds. The molecule has 28 heavy (non-hydrogen) atoms. The number of hydrogen-bond acceptors (Lipinski definition) is 6. The molecule has 0 spiro atoms. The van der Waals surface area contributed by atoms with E-state index < -0.39 is 0 Å². The van der Waals surface area contributed by atoms with Gasteiger partial charge >= 0.3 is 0 Å². The predicted molar refractivity (Wildman–Crippen MR) is 104 cm³/mol. The molecule has 1 aliphatic carbocycles. The zero-order valence-corrected chi connectivity index (χ0v) is 17.7. The number of ether oxygens (including phenoxy) is 1. The second-order valence-corrected chi connectivity index (χ2v) is 9.33. The highest BCUT2D eigenvalue weighted by molar-refractivity contribution is 9.10. The van der Waals surface area contributed by atoms with Crippen molar-refractivity contribution >= 4 is 21.8 Å². The lowest BCUT2D eigenvalue weighted by molar-refractivity contribution is -0.199. The van der Waals surface area contributed by atoms with Gasteiger partial charge in [-0.15, -0.1) is 0 Å². The molecule has 1 fully saturated rings. The van der Waals surface area contributed by atoms with Crippen molar-refractivity contribution in [3.63, 3.8) is 0 Å². The number of amides is 1. The van der Waals surface area contributed by atoms with Gasteiger partial charge in [0.2, 0.25) is 0 Å². The van der Waals surface area contributed by atoms with Crippen molar-refractivity contribution in [2.24, 2.45) is 10.8 Å². The first-order valence-corrected chi connectivity index (χ1v) is 9.79. The average molecular weight is 442 g/mol. The summed E-state index contributed by atoms with van der Waals surface area (Å²) < 4.78 is 6.90. The lowest BCUT2D eigenvalue weighted by atomic mass is 9.49. The molecule has 4 rings (SSSR count). The summed E-state index contributed by atoms with van der Waals surface area (Å²) in [4.78, 5) is 27.2. The van der Waals surface area contributed by atoms with Crippen LogP contribution in [0, 0.1) is 22.2 Å². The van der Waals surface area contributed by atoms with Gasteiger partial charge in [-0.3, -0.25) is 4.79 Å². The molecule has 0 N–H and O–H groups in total. The maximum Gasteiger partial charge on any atom is 0.257 e. The molecule has 0 saturated heterocycles. The molecule has 0 aromatic carbocycles. The topological polar surface area (TPSA) is 92.0 Å². The number of pyridine rings is 1. The van der Waals surface area contributed by atoms with Crippen LogP contribution in [0.5, 0.6) is 5.75 Å². The van der Waals surface area contributed by atoms with Crippen molar-refractivity contribution in [2.75, 3.05) is 0 Å². The number of fused-ring (bicyclic) bond motifs is 1. The maximum atomic E-state index is 12.9. The standard InChI is InChI=1S/C20H20BrN5O2/c1-19(2)17(26-9-15-12(16(26)27)8-23-10-25-15)20(3,4)18(19)28-11-5-13(21)14(6-22)24-7-11/h5,7-8,10,17-18H,9H2,1-4H3. The fraction of sp³-hybridized carbons (Fsp3) is 0.450. The number of aromatic nitrogens is 3. The molecule has 7 nitrogen and oxygen atoms in total. The van der Waals surface area contributed by atoms with Crippen molar-refractivity contribution in [3.8, 4) is 11.8 Å². The SMILES string of the molecule is CC1(C)C(Oc2cnc(C#N)c(Br)c2)C(C)(C)C1N1Cc2ncncc2C1=O. The maximum absolute atomic E-state index is 12.9. The van der Waals surface area contributed by atoms with Crippen molar-refractivity contribution < 1.29 is 9.53 Å². The summed E-state index contributed by atoms with van der Waals surface area (Å²) in [6.07, 6.45) is 4.51. The van der Waals surface area contributed by atoms with Crippen molar-refractivity contribution in [1.29, 1.82) is 5.26 Å². The fourth-order valence-corrected chi connectivity index (χ4v) is 5.59. The molecule has 144 valence electrons. The first-order valence-electron chi connectivity index (χ1n) is 9.00. The van der Waals surface area contributed by atoms with Gasteiger partial charge in [-0.25, -0.2) is 15.0 Å². The minimum absolute atomic E-state index is 0.0125. The summed E-state index contributed by atoms with van der Waals surface area (Å²) in [6, 6.07) is 3.77. The lowest BCUT2D eigenvalue weighted by Gasteiger charge is -2.65. The Labute approximate surface area is 171 Å². The average Bonchev–Trinajstić information content (AvgIpc) is 2.95. The van der Waals surface area contributed by atoms with Crippen LogP contribution in [0.15, 0.2) is 29.3 Å². The number of nitrogens with zero attached hydrogens (tertiary/aromatic N) is 5. The highest BCUT2D eigenvalue weighted by Crippen LogP contribution is 2.58. The van der Waals surface area contributed by atoms with Crippen molar-refractivity contribution in [3.05, 3.63) is 46.2 Å². The molecule has 3 heterocycles. The Balaban J connectivity index is 1.60. The zero-order chi connectivity index (χ0) is 20.3. The molecule has 0 bridgehead atoms. The zero-order valence-electron chi connectivity index (χ0n) is 16.1. The number of rotatable bonds is 3. The van der Waals surface area contributed by atoms with E-state index in [1.54, 1.807) is 18.5 Å². The summed E-state index contributed by atoms with van der Waals surface area (Å²) in [7, 11) is 0. The Bertz CT molecular complexity index is 998. The van der Waals surface area contributed by atoms with E-state index in [1.807, 2.05) is 11.0 Å². The molecule has 2 aromatic rings. The Morgan fingerprint density at radius 2 is 1.96 bits per heavy atom. The van der Waals surface area contributed by atoms with Gasteiger partial charge in [0.25, 0.3) is 5.91 Å². The summed E-state index contributed by atoms with van der Waals surface area (Å²) in [6.45, 7) is 8.94. The third-order valence-corrected chi connectivity index (χ3v) is 6.46. The van der Waals surface area contributed by atoms with E-state index in [-0.39, 0.29) is 28.9 Å². The van der Waals surface area contributed by atoms with Gasteiger partial charge in [0.15, 0.2) is 5.69 Å². The third kappa shape index (κ3) is 2.60. The van der Waals surface area contributed by atoms with Gasteiger partial charge in [0.1, 0.15) is 24.3 Å². The van der Waals surface area contributed by atoms with Crippen LogP contribution in [0.3, 0.4) is 0 Å². The number of carbonyl (C=O) groups is 1. The first-order chi connectivity index (χ1) is 13.2. The third-order valence-electron chi connectivity index (χ3n) is 5.85. The van der Waals surface area contributed by atoms with Crippen LogP contribution in [0.25, 0.3) is 0 Å². The van der Waals surface area contributed by atoms with Gasteiger partial charge < -0.3 is 9.64 Å². The van der Waals surface area contributed by atoms with Crippen LogP contribution in [-0.2, 0) is 6.54 Å². The quantitative estimate of drug-likeness (QED) is 0.724. The second-order valence-electron chi connectivity index (χ2n) is 8.47. The second kappa shape index (κ2) is 6.24. The molecule has 2 aliphatic rings. The molecular weight excluding hydrogens is 422 g/mol. The van der Waals surface area contributed by atoms with Crippen LogP contribution < -0.4 is 4.74 Å². The summed E-state index contributed by atoms with van der Waals surface area (Å²) in [5, 5.41) is 9.04. The van der Waals surface area contributed by atoms with E-state index in [2.05, 4.69) is 58.6 Å². The summed E-state index contributed by atoms with van der Waals surface area (Å²) in [5.41, 5.74) is 1.11. The largest absolute Gasteiger partial charge is 0.487 e. The predicted octanol–water partition coefficient (Wildman–Crippen LogP) is 3.34. The Kier molecular flexibility index (Phi) is 4.19. The van der Waals surface area contributed by atoms with Crippen molar-refractivity contribution in [2.45, 2.75) is 46.4 Å². The number of halogens is 1. The minimum atomic E-state index is -0.283. The van der Waals surface area contributed by atoms with Gasteiger partial charge in [0.05, 0.1) is 28.5 Å². The van der Waals surface area contributed by atoms with Crippen LogP contribution in [0.1, 0.15) is 49.4 Å². The number of nitriles is 1. The van der Waals surface area contributed by atoms with Crippen LogP contribution in [0.4, 0.5) is 0 Å². The first kappa shape index (κ1) is 18.8. The van der Waals surface area contributed by atoms with Crippen LogP contribution in [-0.4, -0.2) is 37.9 Å². The van der Waals surface area contributed by atoms with Gasteiger partial charge in [0, 0.05) is 23.1 Å². The monoisotopic (exact) mass is 441 g/mol. The highest BCUT2D eigenvalue weighted by atomic mass is 79.9. The number of hydrogen-bond donors (Lipinski definition) is 0. The van der Waals surface area contributed by atoms with E-state index in [0.29, 0.717) is 28.0 Å². The minimum Gasteiger partial charge on any atom is -0.487 e. The Hall–Kier alpha value is -2.53. The van der Waals surface area contributed by atoms with Gasteiger partial charge in [-0.05, 0) is 22.0 Å². The fourth-order valence-electron chi connectivity index (χ4n) is 5.17. The van der Waals surface area contributed by atoms with E-state index in [1.165, 1.54) is 6.33 Å². The molecule has 0 unspecified atom stereocenters. The van der Waals surface area contributed by atoms with E-state index >= 15 is 0 Å². The summed E-state index contributed by atoms with van der Waals surface area (Å²) >= 11 is 3.35. The van der Waals surface area contributed by atoms with Gasteiger partial charge in [-0.1, -0.05) is 27.7 Å². The van der Waals surface area contributed by atoms with Crippen LogP contribution >= 0.6 is 15.9 Å². The molecule has 8 heteroatoms. The highest BCUT2D eigenvalue weighted by Gasteiger charge is 2.67. The lowest BCUT2D eigenvalue weighted by Crippen LogP contribution is -2.74. The summed E-state index contributed by atoms with van der Waals surface area (Å²) in [5.74, 6) is 0.570. The Morgan fingerprint density at radius 3 is 2.57 bits per heavy atom. The smallest absolute Gasteiger partial charge is 0.257 e. The van der Waals surface area contributed by atoms with Crippen molar-refractivity contribution in [1.82, 2.24) is 19.9 Å². The molecular formula is C20H20BrN5O2. The van der Waals surface area contributed by atoms with Gasteiger partial charge in [-0.2, -0.15) is 5.26 Å². The van der Waals surface area contributed by atoms with E-state index in [4.69, 9.17) is 10.00 Å². The van der Waals surface area contributed by atoms with Crippen LogP contribution in [0.2, 0.25) is 0 Å². The normalized spacial score (nSPS) is 24.3. The Morgan fingerprint density at radius 1 is 1.25 bits per heavy atom. The molecule has 2 aromatic heterocycles. The molecule has 0 atom stereocenters. The molecule has 1 aliphatic heterocycles. The molecule has 0 radical (unpaired) electrons. The van der Waals surface area contributed by atoms with E-state index in [9.17, 15) is 4.79 Å². The van der Waals surface area contributed by atoms with E-state index in [0.717, 1.165) is 5.69 Å².